The highest BCUT2D eigenvalue weighted by atomic mass is 16.5. The first-order valence-electron chi connectivity index (χ1n) is 7.28. The van der Waals surface area contributed by atoms with E-state index < -0.39 is 0 Å². The van der Waals surface area contributed by atoms with Gasteiger partial charge in [0.25, 0.3) is 0 Å². The van der Waals surface area contributed by atoms with Gasteiger partial charge >= 0.3 is 0 Å². The van der Waals surface area contributed by atoms with Crippen LogP contribution >= 0.6 is 0 Å². The fourth-order valence-electron chi connectivity index (χ4n) is 2.94. The molecule has 2 fully saturated rings. The summed E-state index contributed by atoms with van der Waals surface area (Å²) in [6.07, 6.45) is 6.85. The second kappa shape index (κ2) is 5.19. The summed E-state index contributed by atoms with van der Waals surface area (Å²) in [7, 11) is 0. The lowest BCUT2D eigenvalue weighted by Gasteiger charge is -2.31. The van der Waals surface area contributed by atoms with Crippen LogP contribution < -0.4 is 5.32 Å². The Morgan fingerprint density at radius 3 is 2.61 bits per heavy atom. The highest BCUT2D eigenvalue weighted by molar-refractivity contribution is 5.16. The van der Waals surface area contributed by atoms with Crippen LogP contribution in [0.1, 0.15) is 59.3 Å². The third kappa shape index (κ3) is 3.46. The van der Waals surface area contributed by atoms with Crippen molar-refractivity contribution >= 4 is 0 Å². The molecule has 0 amide bonds. The Bertz CT molecular complexity index is 324. The number of nitriles is 1. The lowest BCUT2D eigenvalue weighted by molar-refractivity contribution is -0.0117. The molecule has 2 unspecified atom stereocenters. The lowest BCUT2D eigenvalue weighted by Crippen LogP contribution is -2.48. The molecule has 2 atom stereocenters. The molecule has 2 saturated carbocycles. The molecule has 1 N–H and O–H groups in total. The van der Waals surface area contributed by atoms with Gasteiger partial charge in [-0.15, -0.1) is 0 Å². The van der Waals surface area contributed by atoms with Gasteiger partial charge in [-0.05, 0) is 58.8 Å². The standard InChI is InChI=1S/C15H26N2O/c1-14(2,3)18-10-8-12-5-4-9-15(12,11-16)17-13-6-7-13/h12-13,17H,4-10H2,1-3H3. The quantitative estimate of drug-likeness (QED) is 0.816. The van der Waals surface area contributed by atoms with Gasteiger partial charge < -0.3 is 4.74 Å². The average molecular weight is 250 g/mol. The maximum Gasteiger partial charge on any atom is 0.109 e. The Hall–Kier alpha value is -0.590. The van der Waals surface area contributed by atoms with E-state index in [9.17, 15) is 5.26 Å². The van der Waals surface area contributed by atoms with E-state index in [0.717, 1.165) is 19.4 Å². The van der Waals surface area contributed by atoms with Gasteiger partial charge in [-0.3, -0.25) is 5.32 Å². The van der Waals surface area contributed by atoms with Gasteiger partial charge in [0, 0.05) is 12.6 Å². The molecule has 2 aliphatic carbocycles. The van der Waals surface area contributed by atoms with Crippen molar-refractivity contribution in [2.45, 2.75) is 76.5 Å². The predicted molar refractivity (Wildman–Crippen MR) is 72.2 cm³/mol. The van der Waals surface area contributed by atoms with E-state index in [2.05, 4.69) is 32.2 Å². The summed E-state index contributed by atoms with van der Waals surface area (Å²) >= 11 is 0. The maximum absolute atomic E-state index is 9.57. The second-order valence-electron chi connectivity index (χ2n) is 6.84. The van der Waals surface area contributed by atoms with Gasteiger partial charge in [0.2, 0.25) is 0 Å². The molecule has 0 heterocycles. The van der Waals surface area contributed by atoms with Crippen molar-refractivity contribution in [3.63, 3.8) is 0 Å². The number of nitrogens with zero attached hydrogens (tertiary/aromatic N) is 1. The molecule has 0 saturated heterocycles. The van der Waals surface area contributed by atoms with E-state index in [-0.39, 0.29) is 11.1 Å². The van der Waals surface area contributed by atoms with E-state index in [4.69, 9.17) is 4.74 Å². The summed E-state index contributed by atoms with van der Waals surface area (Å²) in [5.41, 5.74) is -0.333. The van der Waals surface area contributed by atoms with E-state index in [0.29, 0.717) is 12.0 Å². The van der Waals surface area contributed by atoms with E-state index in [1.165, 1.54) is 25.7 Å². The van der Waals surface area contributed by atoms with E-state index in [1.54, 1.807) is 0 Å². The molecule has 0 aromatic heterocycles. The van der Waals surface area contributed by atoms with Crippen molar-refractivity contribution in [2.75, 3.05) is 6.61 Å². The molecule has 3 heteroatoms. The molecule has 0 bridgehead atoms. The molecule has 2 rings (SSSR count). The molecular weight excluding hydrogens is 224 g/mol. The first kappa shape index (κ1) is 13.8. The van der Waals surface area contributed by atoms with Crippen LogP contribution in [0.25, 0.3) is 0 Å². The van der Waals surface area contributed by atoms with Crippen LogP contribution in [-0.4, -0.2) is 23.8 Å². The van der Waals surface area contributed by atoms with Crippen LogP contribution in [-0.2, 0) is 4.74 Å². The minimum Gasteiger partial charge on any atom is -0.376 e. The average Bonchev–Trinajstić information content (AvgIpc) is 2.99. The van der Waals surface area contributed by atoms with Crippen LogP contribution in [0.3, 0.4) is 0 Å². The zero-order valence-electron chi connectivity index (χ0n) is 12.0. The van der Waals surface area contributed by atoms with Crippen molar-refractivity contribution in [3.8, 4) is 6.07 Å². The second-order valence-corrected chi connectivity index (χ2v) is 6.84. The first-order valence-corrected chi connectivity index (χ1v) is 7.28. The largest absolute Gasteiger partial charge is 0.376 e. The van der Waals surface area contributed by atoms with E-state index in [1.807, 2.05) is 0 Å². The number of rotatable bonds is 5. The summed E-state index contributed by atoms with van der Waals surface area (Å²) in [6, 6.07) is 3.19. The Morgan fingerprint density at radius 2 is 2.06 bits per heavy atom. The van der Waals surface area contributed by atoms with Gasteiger partial charge in [-0.2, -0.15) is 5.26 Å². The van der Waals surface area contributed by atoms with Crippen LogP contribution in [0.4, 0.5) is 0 Å². The van der Waals surface area contributed by atoms with Crippen molar-refractivity contribution in [3.05, 3.63) is 0 Å². The van der Waals surface area contributed by atoms with Gasteiger partial charge in [0.1, 0.15) is 5.54 Å². The van der Waals surface area contributed by atoms with Gasteiger partial charge in [0.15, 0.2) is 0 Å². The SMILES string of the molecule is CC(C)(C)OCCC1CCCC1(C#N)NC1CC1. The Labute approximate surface area is 111 Å². The minimum absolute atomic E-state index is 0.0716. The summed E-state index contributed by atoms with van der Waals surface area (Å²) in [6.45, 7) is 7.02. The third-order valence-electron chi connectivity index (χ3n) is 4.06. The molecule has 102 valence electrons. The Kier molecular flexibility index (Phi) is 3.99. The summed E-state index contributed by atoms with van der Waals surface area (Å²) in [4.78, 5) is 0. The highest BCUT2D eigenvalue weighted by Crippen LogP contribution is 2.40. The fourth-order valence-corrected chi connectivity index (χ4v) is 2.94. The molecule has 0 aliphatic heterocycles. The number of hydrogen-bond donors (Lipinski definition) is 1. The minimum atomic E-state index is -0.261. The monoisotopic (exact) mass is 250 g/mol. The van der Waals surface area contributed by atoms with Crippen LogP contribution in [0.5, 0.6) is 0 Å². The molecule has 2 aliphatic rings. The molecule has 18 heavy (non-hydrogen) atoms. The zero-order chi connectivity index (χ0) is 13.2. The van der Waals surface area contributed by atoms with E-state index >= 15 is 0 Å². The fraction of sp³-hybridized carbons (Fsp3) is 0.933. The predicted octanol–water partition coefficient (Wildman–Crippen LogP) is 3.01. The molecular formula is C15H26N2O. The summed E-state index contributed by atoms with van der Waals surface area (Å²) in [5.74, 6) is 0.463. The topological polar surface area (TPSA) is 45.0 Å². The zero-order valence-corrected chi connectivity index (χ0v) is 12.0. The first-order chi connectivity index (χ1) is 8.45. The number of hydrogen-bond acceptors (Lipinski definition) is 3. The Morgan fingerprint density at radius 1 is 1.33 bits per heavy atom. The van der Waals surface area contributed by atoms with Crippen molar-refractivity contribution in [2.24, 2.45) is 5.92 Å². The maximum atomic E-state index is 9.57. The smallest absolute Gasteiger partial charge is 0.109 e. The van der Waals surface area contributed by atoms with Crippen LogP contribution in [0, 0.1) is 17.2 Å². The molecule has 0 aromatic carbocycles. The third-order valence-corrected chi connectivity index (χ3v) is 4.06. The molecule has 3 nitrogen and oxygen atoms in total. The van der Waals surface area contributed by atoms with Gasteiger partial charge in [-0.1, -0.05) is 6.42 Å². The van der Waals surface area contributed by atoms with Crippen molar-refractivity contribution in [1.29, 1.82) is 5.26 Å². The van der Waals surface area contributed by atoms with Crippen molar-refractivity contribution in [1.82, 2.24) is 5.32 Å². The normalized spacial score (nSPS) is 32.4. The number of ether oxygens (including phenoxy) is 1. The Balaban J connectivity index is 1.87. The van der Waals surface area contributed by atoms with Gasteiger partial charge in [0.05, 0.1) is 11.7 Å². The van der Waals surface area contributed by atoms with Crippen LogP contribution in [0.2, 0.25) is 0 Å². The highest BCUT2D eigenvalue weighted by Gasteiger charge is 2.45. The molecule has 0 radical (unpaired) electrons. The lowest BCUT2D eigenvalue weighted by atomic mass is 9.86. The van der Waals surface area contributed by atoms with Crippen molar-refractivity contribution < 1.29 is 4.74 Å². The molecule has 0 spiro atoms. The number of nitrogens with one attached hydrogen (secondary N) is 1. The van der Waals surface area contributed by atoms with Gasteiger partial charge in [-0.25, -0.2) is 0 Å². The molecule has 0 aromatic rings. The van der Waals surface area contributed by atoms with Crippen LogP contribution in [0.15, 0.2) is 0 Å². The summed E-state index contributed by atoms with van der Waals surface area (Å²) < 4.78 is 5.81. The summed E-state index contributed by atoms with van der Waals surface area (Å²) in [5, 5.41) is 13.2.